The second kappa shape index (κ2) is 11.5. The van der Waals surface area contributed by atoms with E-state index in [0.29, 0.717) is 18.0 Å². The van der Waals surface area contributed by atoms with E-state index in [1.54, 1.807) is 12.1 Å². The summed E-state index contributed by atoms with van der Waals surface area (Å²) >= 11 is 0. The molecule has 3 rings (SSSR count). The first-order chi connectivity index (χ1) is 15.8. The van der Waals surface area contributed by atoms with E-state index < -0.39 is 6.04 Å². The SMILES string of the molecule is CCC(CC)CN1C[C@@H]2C[C@H](NC(=O)NC(C)C)CN2C(=O)[C@@H]1CNC(=O)c1ccccc1. The largest absolute Gasteiger partial charge is 0.350 e. The fraction of sp³-hybridized carbons (Fsp3) is 0.640. The lowest BCUT2D eigenvalue weighted by molar-refractivity contribution is -0.144. The predicted octanol–water partition coefficient (Wildman–Crippen LogP) is 2.21. The highest BCUT2D eigenvalue weighted by atomic mass is 16.2. The van der Waals surface area contributed by atoms with Gasteiger partial charge in [-0.15, -0.1) is 0 Å². The van der Waals surface area contributed by atoms with Gasteiger partial charge in [0.05, 0.1) is 6.04 Å². The molecule has 2 aliphatic heterocycles. The number of rotatable bonds is 9. The molecule has 8 heteroatoms. The molecule has 0 radical (unpaired) electrons. The molecule has 3 atom stereocenters. The van der Waals surface area contributed by atoms with E-state index in [0.717, 1.165) is 32.4 Å². The summed E-state index contributed by atoms with van der Waals surface area (Å²) in [5.41, 5.74) is 0.590. The number of fused-ring (bicyclic) bond motifs is 1. The number of nitrogens with zero attached hydrogens (tertiary/aromatic N) is 2. The molecule has 0 unspecified atom stereocenters. The number of amides is 4. The number of urea groups is 1. The highest BCUT2D eigenvalue weighted by Crippen LogP contribution is 2.27. The van der Waals surface area contributed by atoms with Crippen molar-refractivity contribution in [3.8, 4) is 0 Å². The maximum absolute atomic E-state index is 13.5. The molecule has 0 bridgehead atoms. The maximum atomic E-state index is 13.5. The van der Waals surface area contributed by atoms with Crippen molar-refractivity contribution in [3.05, 3.63) is 35.9 Å². The third kappa shape index (κ3) is 6.47. The molecule has 2 aliphatic rings. The van der Waals surface area contributed by atoms with E-state index in [-0.39, 0.29) is 42.5 Å². The van der Waals surface area contributed by atoms with Gasteiger partial charge in [0.25, 0.3) is 5.91 Å². The van der Waals surface area contributed by atoms with Gasteiger partial charge in [-0.1, -0.05) is 44.9 Å². The quantitative estimate of drug-likeness (QED) is 0.530. The molecular formula is C25H39N5O3. The summed E-state index contributed by atoms with van der Waals surface area (Å²) < 4.78 is 0. The van der Waals surface area contributed by atoms with Crippen LogP contribution in [0, 0.1) is 5.92 Å². The van der Waals surface area contributed by atoms with Crippen LogP contribution < -0.4 is 16.0 Å². The smallest absolute Gasteiger partial charge is 0.315 e. The average molecular weight is 458 g/mol. The molecule has 1 aromatic carbocycles. The molecule has 0 spiro atoms. The van der Waals surface area contributed by atoms with E-state index in [9.17, 15) is 14.4 Å². The van der Waals surface area contributed by atoms with Crippen molar-refractivity contribution in [3.63, 3.8) is 0 Å². The van der Waals surface area contributed by atoms with Gasteiger partial charge in [0.2, 0.25) is 5.91 Å². The fourth-order valence-corrected chi connectivity index (χ4v) is 4.88. The van der Waals surface area contributed by atoms with Gasteiger partial charge < -0.3 is 20.9 Å². The summed E-state index contributed by atoms with van der Waals surface area (Å²) in [5.74, 6) is 0.377. The summed E-state index contributed by atoms with van der Waals surface area (Å²) in [5, 5.41) is 8.85. The van der Waals surface area contributed by atoms with E-state index in [1.165, 1.54) is 0 Å². The highest BCUT2D eigenvalue weighted by Gasteiger charge is 2.45. The molecule has 2 heterocycles. The van der Waals surface area contributed by atoms with Gasteiger partial charge in [-0.3, -0.25) is 14.5 Å². The van der Waals surface area contributed by atoms with Crippen molar-refractivity contribution in [1.29, 1.82) is 0 Å². The Morgan fingerprint density at radius 1 is 1.09 bits per heavy atom. The van der Waals surface area contributed by atoms with Crippen LogP contribution in [-0.4, -0.2) is 78.0 Å². The molecule has 2 saturated heterocycles. The summed E-state index contributed by atoms with van der Waals surface area (Å²) in [6, 6.07) is 8.57. The normalized spacial score (nSPS) is 23.0. The first kappa shape index (κ1) is 25.0. The van der Waals surface area contributed by atoms with E-state index >= 15 is 0 Å². The Labute approximate surface area is 197 Å². The van der Waals surface area contributed by atoms with Gasteiger partial charge in [0, 0.05) is 43.8 Å². The lowest BCUT2D eigenvalue weighted by atomic mass is 9.98. The molecular weight excluding hydrogens is 418 g/mol. The first-order valence-corrected chi connectivity index (χ1v) is 12.3. The van der Waals surface area contributed by atoms with Crippen LogP contribution in [-0.2, 0) is 4.79 Å². The number of carbonyl (C=O) groups excluding carboxylic acids is 3. The van der Waals surface area contributed by atoms with Crippen molar-refractivity contribution in [2.45, 2.75) is 71.1 Å². The Morgan fingerprint density at radius 3 is 2.42 bits per heavy atom. The van der Waals surface area contributed by atoms with Crippen molar-refractivity contribution < 1.29 is 14.4 Å². The van der Waals surface area contributed by atoms with Crippen LogP contribution >= 0.6 is 0 Å². The number of benzene rings is 1. The van der Waals surface area contributed by atoms with Crippen LogP contribution in [0.3, 0.4) is 0 Å². The van der Waals surface area contributed by atoms with Crippen LogP contribution in [0.2, 0.25) is 0 Å². The Bertz CT molecular complexity index is 812. The second-order valence-electron chi connectivity index (χ2n) is 9.58. The van der Waals surface area contributed by atoms with E-state index in [2.05, 4.69) is 34.7 Å². The molecule has 0 saturated carbocycles. The summed E-state index contributed by atoms with van der Waals surface area (Å²) in [7, 11) is 0. The predicted molar refractivity (Wildman–Crippen MR) is 129 cm³/mol. The molecule has 2 fully saturated rings. The Kier molecular flexibility index (Phi) is 8.72. The van der Waals surface area contributed by atoms with Gasteiger partial charge in [-0.25, -0.2) is 4.79 Å². The minimum atomic E-state index is -0.391. The van der Waals surface area contributed by atoms with E-state index in [1.807, 2.05) is 36.9 Å². The Morgan fingerprint density at radius 2 is 1.79 bits per heavy atom. The average Bonchev–Trinajstić information content (AvgIpc) is 3.19. The van der Waals surface area contributed by atoms with Gasteiger partial charge in [0.1, 0.15) is 6.04 Å². The lowest BCUT2D eigenvalue weighted by Gasteiger charge is -2.44. The first-order valence-electron chi connectivity index (χ1n) is 12.3. The topological polar surface area (TPSA) is 93.8 Å². The molecule has 3 N–H and O–H groups in total. The molecule has 0 aliphatic carbocycles. The molecule has 33 heavy (non-hydrogen) atoms. The van der Waals surface area contributed by atoms with E-state index in [4.69, 9.17) is 0 Å². The van der Waals surface area contributed by atoms with Crippen LogP contribution in [0.25, 0.3) is 0 Å². The monoisotopic (exact) mass is 457 g/mol. The van der Waals surface area contributed by atoms with Crippen molar-refractivity contribution in [1.82, 2.24) is 25.8 Å². The lowest BCUT2D eigenvalue weighted by Crippen LogP contribution is -2.63. The Balaban J connectivity index is 1.69. The fourth-order valence-electron chi connectivity index (χ4n) is 4.88. The minimum Gasteiger partial charge on any atom is -0.350 e. The summed E-state index contributed by atoms with van der Waals surface area (Å²) in [6.45, 7) is 10.6. The van der Waals surface area contributed by atoms with Crippen LogP contribution in [0.4, 0.5) is 4.79 Å². The van der Waals surface area contributed by atoms with Gasteiger partial charge in [-0.05, 0) is 38.3 Å². The molecule has 0 aromatic heterocycles. The number of piperazine rings is 1. The van der Waals surface area contributed by atoms with Crippen LogP contribution in [0.1, 0.15) is 57.3 Å². The highest BCUT2D eigenvalue weighted by molar-refractivity contribution is 5.94. The van der Waals surface area contributed by atoms with Gasteiger partial charge in [-0.2, -0.15) is 0 Å². The molecule has 8 nitrogen and oxygen atoms in total. The maximum Gasteiger partial charge on any atom is 0.315 e. The molecule has 1 aromatic rings. The van der Waals surface area contributed by atoms with Crippen molar-refractivity contribution in [2.75, 3.05) is 26.2 Å². The number of nitrogens with one attached hydrogen (secondary N) is 3. The Hall–Kier alpha value is -2.61. The number of hydrogen-bond donors (Lipinski definition) is 3. The zero-order valence-corrected chi connectivity index (χ0v) is 20.3. The number of carbonyl (C=O) groups is 3. The van der Waals surface area contributed by atoms with Gasteiger partial charge in [0.15, 0.2) is 0 Å². The standard InChI is InChI=1S/C25H39N5O3/c1-5-18(6-2)14-29-16-21-12-20(28-25(33)27-17(3)4)15-30(21)24(32)22(29)13-26-23(31)19-10-8-7-9-11-19/h7-11,17-18,20-22H,5-6,12-16H2,1-4H3,(H,26,31)(H2,27,28,33)/t20-,21-,22-/m0/s1. The minimum absolute atomic E-state index is 0.0409. The summed E-state index contributed by atoms with van der Waals surface area (Å²) in [6.07, 6.45) is 2.86. The van der Waals surface area contributed by atoms with Crippen molar-refractivity contribution >= 4 is 17.8 Å². The number of hydrogen-bond acceptors (Lipinski definition) is 4. The second-order valence-corrected chi connectivity index (χ2v) is 9.58. The molecule has 182 valence electrons. The van der Waals surface area contributed by atoms with Crippen LogP contribution in [0.15, 0.2) is 30.3 Å². The van der Waals surface area contributed by atoms with Crippen LogP contribution in [0.5, 0.6) is 0 Å². The summed E-state index contributed by atoms with van der Waals surface area (Å²) in [4.78, 5) is 42.5. The zero-order valence-electron chi connectivity index (χ0n) is 20.3. The third-order valence-electron chi connectivity index (χ3n) is 6.76. The third-order valence-corrected chi connectivity index (χ3v) is 6.76. The van der Waals surface area contributed by atoms with Crippen molar-refractivity contribution in [2.24, 2.45) is 5.92 Å². The zero-order chi connectivity index (χ0) is 24.0. The molecule has 4 amide bonds. The van der Waals surface area contributed by atoms with Gasteiger partial charge >= 0.3 is 6.03 Å².